The third kappa shape index (κ3) is 2.09. The van der Waals surface area contributed by atoms with E-state index in [2.05, 4.69) is 4.98 Å². The highest BCUT2D eigenvalue weighted by Gasteiger charge is 2.37. The van der Waals surface area contributed by atoms with Gasteiger partial charge in [0.25, 0.3) is 11.8 Å². The fourth-order valence-corrected chi connectivity index (χ4v) is 3.58. The summed E-state index contributed by atoms with van der Waals surface area (Å²) in [6.07, 6.45) is 1.77. The Balaban J connectivity index is 1.87. The van der Waals surface area contributed by atoms with Crippen LogP contribution in [0.3, 0.4) is 0 Å². The van der Waals surface area contributed by atoms with Crippen LogP contribution in [-0.4, -0.2) is 16.8 Å². The van der Waals surface area contributed by atoms with E-state index in [9.17, 15) is 9.59 Å². The minimum atomic E-state index is -0.278. The molecule has 2 aromatic carbocycles. The average Bonchev–Trinajstić information content (AvgIpc) is 3.11. The number of thiazole rings is 1. The van der Waals surface area contributed by atoms with Gasteiger partial charge in [-0.1, -0.05) is 30.3 Å². The second-order valence-corrected chi connectivity index (χ2v) is 6.49. The van der Waals surface area contributed by atoms with Gasteiger partial charge in [0.15, 0.2) is 0 Å². The van der Waals surface area contributed by atoms with E-state index in [1.807, 2.05) is 25.1 Å². The van der Waals surface area contributed by atoms with Crippen LogP contribution in [0.15, 0.2) is 54.7 Å². The molecule has 2 heterocycles. The number of hydrogen-bond acceptors (Lipinski definition) is 4. The molecule has 1 aromatic heterocycles. The number of anilines is 1. The van der Waals surface area contributed by atoms with Crippen molar-refractivity contribution in [2.24, 2.45) is 0 Å². The number of para-hydroxylation sites is 1. The molecule has 0 unspecified atom stereocenters. The Morgan fingerprint density at radius 1 is 0.870 bits per heavy atom. The molecule has 0 atom stereocenters. The third-order valence-electron chi connectivity index (χ3n) is 3.83. The smallest absolute Gasteiger partial charge is 0.266 e. The molecule has 2 amide bonds. The van der Waals surface area contributed by atoms with Crippen molar-refractivity contribution in [2.75, 3.05) is 4.90 Å². The normalized spacial score (nSPS) is 13.5. The zero-order valence-corrected chi connectivity index (χ0v) is 13.1. The number of fused-ring (bicyclic) bond motifs is 1. The molecule has 0 saturated carbocycles. The van der Waals surface area contributed by atoms with Gasteiger partial charge in [0.1, 0.15) is 0 Å². The summed E-state index contributed by atoms with van der Waals surface area (Å²) >= 11 is 1.54. The summed E-state index contributed by atoms with van der Waals surface area (Å²) in [5.74, 6) is -0.557. The second-order valence-electron chi connectivity index (χ2n) is 5.25. The van der Waals surface area contributed by atoms with E-state index in [4.69, 9.17) is 0 Å². The van der Waals surface area contributed by atoms with Crippen molar-refractivity contribution in [3.63, 3.8) is 0 Å². The number of imide groups is 1. The Hall–Kier alpha value is -2.79. The van der Waals surface area contributed by atoms with E-state index in [0.717, 1.165) is 15.4 Å². The summed E-state index contributed by atoms with van der Waals surface area (Å²) in [7, 11) is 0. The van der Waals surface area contributed by atoms with Crippen molar-refractivity contribution < 1.29 is 9.59 Å². The highest BCUT2D eigenvalue weighted by Crippen LogP contribution is 2.37. The van der Waals surface area contributed by atoms with Crippen molar-refractivity contribution in [2.45, 2.75) is 6.92 Å². The van der Waals surface area contributed by atoms with Crippen LogP contribution >= 0.6 is 11.3 Å². The quantitative estimate of drug-likeness (QED) is 0.672. The van der Waals surface area contributed by atoms with Gasteiger partial charge in [0, 0.05) is 11.8 Å². The Morgan fingerprint density at radius 2 is 1.43 bits per heavy atom. The molecular formula is C18H12N2O2S. The first-order valence-electron chi connectivity index (χ1n) is 7.16. The van der Waals surface area contributed by atoms with E-state index >= 15 is 0 Å². The van der Waals surface area contributed by atoms with Crippen LogP contribution < -0.4 is 4.90 Å². The summed E-state index contributed by atoms with van der Waals surface area (Å²) in [4.78, 5) is 31.8. The number of hydrogen-bond donors (Lipinski definition) is 0. The molecule has 0 radical (unpaired) electrons. The van der Waals surface area contributed by atoms with Gasteiger partial charge in [-0.3, -0.25) is 9.59 Å². The Kier molecular flexibility index (Phi) is 3.09. The molecule has 112 valence electrons. The topological polar surface area (TPSA) is 50.3 Å². The summed E-state index contributed by atoms with van der Waals surface area (Å²) < 4.78 is 0. The van der Waals surface area contributed by atoms with Crippen LogP contribution in [0.5, 0.6) is 0 Å². The second kappa shape index (κ2) is 5.14. The maximum absolute atomic E-state index is 12.7. The van der Waals surface area contributed by atoms with Gasteiger partial charge in [-0.2, -0.15) is 0 Å². The van der Waals surface area contributed by atoms with Gasteiger partial charge in [-0.25, -0.2) is 9.88 Å². The molecule has 23 heavy (non-hydrogen) atoms. The largest absolute Gasteiger partial charge is 0.268 e. The Bertz CT molecular complexity index is 910. The molecule has 4 rings (SSSR count). The summed E-state index contributed by atoms with van der Waals surface area (Å²) in [6, 6.07) is 14.3. The average molecular weight is 320 g/mol. The number of carbonyl (C=O) groups excluding carboxylic acids is 2. The first kappa shape index (κ1) is 13.8. The molecule has 0 N–H and O–H groups in total. The SMILES string of the molecule is Cc1ncc(-c2ccccc2N2C(=O)c3ccccc3C2=O)s1. The molecule has 0 bridgehead atoms. The van der Waals surface area contributed by atoms with Gasteiger partial charge >= 0.3 is 0 Å². The van der Waals surface area contributed by atoms with Gasteiger partial charge in [0.2, 0.25) is 0 Å². The summed E-state index contributed by atoms with van der Waals surface area (Å²) in [5.41, 5.74) is 2.34. The van der Waals surface area contributed by atoms with Crippen LogP contribution in [0.25, 0.3) is 10.4 Å². The van der Waals surface area contributed by atoms with Crippen LogP contribution in [0, 0.1) is 6.92 Å². The molecule has 0 saturated heterocycles. The number of amides is 2. The standard InChI is InChI=1S/C18H12N2O2S/c1-11-19-10-16(23-11)14-8-4-5-9-15(14)20-17(21)12-6-2-3-7-13(12)18(20)22/h2-10H,1H3. The first-order chi connectivity index (χ1) is 11.2. The van der Waals surface area contributed by atoms with Crippen molar-refractivity contribution in [1.82, 2.24) is 4.98 Å². The monoisotopic (exact) mass is 320 g/mol. The van der Waals surface area contributed by atoms with E-state index < -0.39 is 0 Å². The van der Waals surface area contributed by atoms with Crippen molar-refractivity contribution in [1.29, 1.82) is 0 Å². The van der Waals surface area contributed by atoms with E-state index in [0.29, 0.717) is 16.8 Å². The fourth-order valence-electron chi connectivity index (χ4n) is 2.77. The maximum Gasteiger partial charge on any atom is 0.266 e. The van der Waals surface area contributed by atoms with Crippen LogP contribution in [0.1, 0.15) is 25.7 Å². The highest BCUT2D eigenvalue weighted by atomic mass is 32.1. The predicted octanol–water partition coefficient (Wildman–Crippen LogP) is 3.92. The Labute approximate surface area is 137 Å². The number of nitrogens with zero attached hydrogens (tertiary/aromatic N) is 2. The molecule has 3 aromatic rings. The Morgan fingerprint density at radius 3 is 2.00 bits per heavy atom. The van der Waals surface area contributed by atoms with Gasteiger partial charge in [0.05, 0.1) is 26.7 Å². The maximum atomic E-state index is 12.7. The van der Waals surface area contributed by atoms with Crippen LogP contribution in [0.2, 0.25) is 0 Å². The molecule has 0 spiro atoms. The lowest BCUT2D eigenvalue weighted by Crippen LogP contribution is -2.29. The molecule has 0 fully saturated rings. The molecular weight excluding hydrogens is 308 g/mol. The van der Waals surface area contributed by atoms with E-state index in [1.54, 1.807) is 36.5 Å². The van der Waals surface area contributed by atoms with E-state index in [-0.39, 0.29) is 11.8 Å². The minimum Gasteiger partial charge on any atom is -0.268 e. The van der Waals surface area contributed by atoms with Gasteiger partial charge in [-0.05, 0) is 25.1 Å². The molecule has 4 nitrogen and oxygen atoms in total. The highest BCUT2D eigenvalue weighted by molar-refractivity contribution is 7.15. The molecule has 1 aliphatic rings. The summed E-state index contributed by atoms with van der Waals surface area (Å²) in [6.45, 7) is 1.93. The van der Waals surface area contributed by atoms with Crippen molar-refractivity contribution in [3.8, 4) is 10.4 Å². The number of benzene rings is 2. The van der Waals surface area contributed by atoms with Crippen molar-refractivity contribution in [3.05, 3.63) is 70.9 Å². The fraction of sp³-hybridized carbons (Fsp3) is 0.0556. The zero-order chi connectivity index (χ0) is 16.0. The molecule has 0 aliphatic carbocycles. The summed E-state index contributed by atoms with van der Waals surface area (Å²) in [5, 5.41) is 0.942. The lowest BCUT2D eigenvalue weighted by atomic mass is 10.1. The number of carbonyl (C=O) groups is 2. The first-order valence-corrected chi connectivity index (χ1v) is 7.98. The molecule has 5 heteroatoms. The van der Waals surface area contributed by atoms with Gasteiger partial charge in [-0.15, -0.1) is 11.3 Å². The lowest BCUT2D eigenvalue weighted by Gasteiger charge is -2.17. The van der Waals surface area contributed by atoms with E-state index in [1.165, 1.54) is 16.2 Å². The third-order valence-corrected chi connectivity index (χ3v) is 4.77. The zero-order valence-electron chi connectivity index (χ0n) is 12.3. The predicted molar refractivity (Wildman–Crippen MR) is 89.9 cm³/mol. The minimum absolute atomic E-state index is 0.278. The number of rotatable bonds is 2. The van der Waals surface area contributed by atoms with Crippen LogP contribution in [-0.2, 0) is 0 Å². The number of aryl methyl sites for hydroxylation is 1. The lowest BCUT2D eigenvalue weighted by molar-refractivity contribution is 0.0926. The van der Waals surface area contributed by atoms with Crippen LogP contribution in [0.4, 0.5) is 5.69 Å². The number of aromatic nitrogens is 1. The molecule has 1 aliphatic heterocycles. The van der Waals surface area contributed by atoms with Crippen molar-refractivity contribution >= 4 is 28.8 Å². The van der Waals surface area contributed by atoms with Gasteiger partial charge < -0.3 is 0 Å².